The Morgan fingerprint density at radius 3 is 2.19 bits per heavy atom. The van der Waals surface area contributed by atoms with Gasteiger partial charge < -0.3 is 4.74 Å². The fourth-order valence-corrected chi connectivity index (χ4v) is 1.23. The van der Waals surface area contributed by atoms with Gasteiger partial charge in [-0.05, 0) is 31.9 Å². The molecule has 0 aliphatic rings. The van der Waals surface area contributed by atoms with E-state index in [0.717, 1.165) is 19.4 Å². The zero-order chi connectivity index (χ0) is 12.4. The fraction of sp³-hybridized carbons (Fsp3) is 0.500. The summed E-state index contributed by atoms with van der Waals surface area (Å²) in [5, 5.41) is 0. The van der Waals surface area contributed by atoms with Crippen molar-refractivity contribution in [3.63, 3.8) is 0 Å². The number of para-hydroxylation sites is 1. The van der Waals surface area contributed by atoms with Crippen molar-refractivity contribution < 1.29 is 17.9 Å². The molecule has 1 nitrogen and oxygen atoms in total. The quantitative estimate of drug-likeness (QED) is 0.766. The van der Waals surface area contributed by atoms with E-state index >= 15 is 0 Å². The van der Waals surface area contributed by atoms with Crippen LogP contribution in [0.25, 0.3) is 0 Å². The SMILES string of the molecule is CCc1ccccc1OC(C)(C)C(F)(F)F. The molecule has 0 radical (unpaired) electrons. The van der Waals surface area contributed by atoms with Crippen LogP contribution >= 0.6 is 0 Å². The fourth-order valence-electron chi connectivity index (χ4n) is 1.23. The first-order valence-electron chi connectivity index (χ1n) is 5.11. The van der Waals surface area contributed by atoms with E-state index in [1.165, 1.54) is 0 Å². The average molecular weight is 232 g/mol. The van der Waals surface area contributed by atoms with Gasteiger partial charge in [-0.25, -0.2) is 0 Å². The number of rotatable bonds is 3. The first-order valence-corrected chi connectivity index (χ1v) is 5.11. The molecule has 0 saturated carbocycles. The Labute approximate surface area is 93.2 Å². The third-order valence-electron chi connectivity index (χ3n) is 2.40. The molecule has 0 atom stereocenters. The number of halogens is 3. The normalized spacial score (nSPS) is 12.6. The van der Waals surface area contributed by atoms with Crippen molar-refractivity contribution in [3.8, 4) is 5.75 Å². The molecule has 0 bridgehead atoms. The predicted octanol–water partition coefficient (Wildman–Crippen LogP) is 3.97. The van der Waals surface area contributed by atoms with Gasteiger partial charge in [0.1, 0.15) is 5.75 Å². The van der Waals surface area contributed by atoms with Gasteiger partial charge in [-0.2, -0.15) is 13.2 Å². The van der Waals surface area contributed by atoms with Crippen LogP contribution in [0.2, 0.25) is 0 Å². The molecule has 1 aromatic carbocycles. The summed E-state index contributed by atoms with van der Waals surface area (Å²) in [6, 6.07) is 6.78. The summed E-state index contributed by atoms with van der Waals surface area (Å²) in [5.41, 5.74) is -1.39. The monoisotopic (exact) mass is 232 g/mol. The van der Waals surface area contributed by atoms with Gasteiger partial charge in [0.2, 0.25) is 0 Å². The van der Waals surface area contributed by atoms with Crippen LogP contribution in [0, 0.1) is 0 Å². The van der Waals surface area contributed by atoms with Crippen molar-refractivity contribution >= 4 is 0 Å². The summed E-state index contributed by atoms with van der Waals surface area (Å²) in [7, 11) is 0. The molecule has 16 heavy (non-hydrogen) atoms. The second-order valence-electron chi connectivity index (χ2n) is 4.07. The van der Waals surface area contributed by atoms with E-state index in [0.29, 0.717) is 12.2 Å². The molecule has 1 aromatic rings. The molecule has 0 fully saturated rings. The maximum Gasteiger partial charge on any atom is 0.427 e. The molecule has 0 heterocycles. The molecule has 0 unspecified atom stereocenters. The number of hydrogen-bond acceptors (Lipinski definition) is 1. The highest BCUT2D eigenvalue weighted by Crippen LogP contribution is 2.35. The first kappa shape index (κ1) is 12.9. The first-order chi connectivity index (χ1) is 7.28. The van der Waals surface area contributed by atoms with E-state index in [9.17, 15) is 13.2 Å². The van der Waals surface area contributed by atoms with E-state index in [1.54, 1.807) is 24.3 Å². The number of benzene rings is 1. The molecular formula is C12H15F3O. The van der Waals surface area contributed by atoms with E-state index in [2.05, 4.69) is 0 Å². The Morgan fingerprint density at radius 2 is 1.69 bits per heavy atom. The highest BCUT2D eigenvalue weighted by molar-refractivity contribution is 5.33. The van der Waals surface area contributed by atoms with Gasteiger partial charge in [0, 0.05) is 0 Å². The van der Waals surface area contributed by atoms with Crippen LogP contribution in [-0.4, -0.2) is 11.8 Å². The largest absolute Gasteiger partial charge is 0.478 e. The number of aryl methyl sites for hydroxylation is 1. The number of hydrogen-bond donors (Lipinski definition) is 0. The molecule has 90 valence electrons. The predicted molar refractivity (Wildman–Crippen MR) is 56.6 cm³/mol. The number of ether oxygens (including phenoxy) is 1. The topological polar surface area (TPSA) is 9.23 Å². The third-order valence-corrected chi connectivity index (χ3v) is 2.40. The minimum absolute atomic E-state index is 0.298. The van der Waals surface area contributed by atoms with E-state index in [1.807, 2.05) is 6.92 Å². The molecule has 0 saturated heterocycles. The van der Waals surface area contributed by atoms with Gasteiger partial charge in [-0.1, -0.05) is 25.1 Å². The van der Waals surface area contributed by atoms with Gasteiger partial charge in [0.15, 0.2) is 5.60 Å². The third kappa shape index (κ3) is 2.68. The van der Waals surface area contributed by atoms with Crippen LogP contribution in [-0.2, 0) is 6.42 Å². The van der Waals surface area contributed by atoms with E-state index in [4.69, 9.17) is 4.74 Å². The molecule has 0 spiro atoms. The molecule has 4 heteroatoms. The molecular weight excluding hydrogens is 217 g/mol. The average Bonchev–Trinajstić information content (AvgIpc) is 2.16. The molecule has 1 rings (SSSR count). The van der Waals surface area contributed by atoms with Gasteiger partial charge in [-0.15, -0.1) is 0 Å². The van der Waals surface area contributed by atoms with Crippen molar-refractivity contribution in [2.24, 2.45) is 0 Å². The summed E-state index contributed by atoms with van der Waals surface area (Å²) < 4.78 is 43.0. The lowest BCUT2D eigenvalue weighted by Crippen LogP contribution is -2.44. The molecule has 0 N–H and O–H groups in total. The summed E-state index contributed by atoms with van der Waals surface area (Å²) in [4.78, 5) is 0. The standard InChI is InChI=1S/C12H15F3O/c1-4-9-7-5-6-8-10(9)16-11(2,3)12(13,14)15/h5-8H,4H2,1-3H3. The van der Waals surface area contributed by atoms with E-state index < -0.39 is 11.8 Å². The lowest BCUT2D eigenvalue weighted by molar-refractivity contribution is -0.234. The van der Waals surface area contributed by atoms with Crippen molar-refractivity contribution in [2.45, 2.75) is 39.0 Å². The second kappa shape index (κ2) is 4.36. The Hall–Kier alpha value is -1.19. The Bertz CT molecular complexity index is 356. The zero-order valence-corrected chi connectivity index (χ0v) is 9.56. The Morgan fingerprint density at radius 1 is 1.12 bits per heavy atom. The van der Waals surface area contributed by atoms with Crippen molar-refractivity contribution in [2.75, 3.05) is 0 Å². The maximum absolute atomic E-state index is 12.6. The van der Waals surface area contributed by atoms with Crippen LogP contribution < -0.4 is 4.74 Å². The zero-order valence-electron chi connectivity index (χ0n) is 9.56. The molecule has 0 aliphatic carbocycles. The summed E-state index contributed by atoms with van der Waals surface area (Å²) in [5.74, 6) is 0.298. The Balaban J connectivity index is 2.96. The smallest absolute Gasteiger partial charge is 0.427 e. The van der Waals surface area contributed by atoms with Crippen LogP contribution in [0.1, 0.15) is 26.3 Å². The van der Waals surface area contributed by atoms with Gasteiger partial charge in [0.25, 0.3) is 0 Å². The summed E-state index contributed by atoms with van der Waals surface area (Å²) >= 11 is 0. The van der Waals surface area contributed by atoms with E-state index in [-0.39, 0.29) is 0 Å². The Kier molecular flexibility index (Phi) is 3.51. The lowest BCUT2D eigenvalue weighted by atomic mass is 10.1. The lowest BCUT2D eigenvalue weighted by Gasteiger charge is -2.29. The highest BCUT2D eigenvalue weighted by atomic mass is 19.4. The van der Waals surface area contributed by atoms with Crippen molar-refractivity contribution in [1.82, 2.24) is 0 Å². The minimum Gasteiger partial charge on any atom is -0.478 e. The van der Waals surface area contributed by atoms with Crippen LogP contribution in [0.5, 0.6) is 5.75 Å². The number of alkyl halides is 3. The molecule has 0 aromatic heterocycles. The van der Waals surface area contributed by atoms with Crippen molar-refractivity contribution in [1.29, 1.82) is 0 Å². The minimum atomic E-state index is -4.38. The van der Waals surface area contributed by atoms with Gasteiger partial charge >= 0.3 is 6.18 Å². The maximum atomic E-state index is 12.6. The molecule has 0 amide bonds. The molecule has 0 aliphatic heterocycles. The summed E-state index contributed by atoms with van der Waals surface area (Å²) in [6.45, 7) is 3.93. The highest BCUT2D eigenvalue weighted by Gasteiger charge is 2.49. The van der Waals surface area contributed by atoms with Crippen molar-refractivity contribution in [3.05, 3.63) is 29.8 Å². The van der Waals surface area contributed by atoms with Crippen LogP contribution in [0.3, 0.4) is 0 Å². The van der Waals surface area contributed by atoms with Gasteiger partial charge in [0.05, 0.1) is 0 Å². The van der Waals surface area contributed by atoms with Crippen LogP contribution in [0.4, 0.5) is 13.2 Å². The van der Waals surface area contributed by atoms with Gasteiger partial charge in [-0.3, -0.25) is 0 Å². The van der Waals surface area contributed by atoms with Crippen LogP contribution in [0.15, 0.2) is 24.3 Å². The summed E-state index contributed by atoms with van der Waals surface area (Å²) in [6.07, 6.45) is -3.74. The second-order valence-corrected chi connectivity index (χ2v) is 4.07.